The van der Waals surface area contributed by atoms with E-state index >= 15 is 0 Å². The number of esters is 1. The number of rotatable bonds is 6. The molecule has 3 heterocycles. The van der Waals surface area contributed by atoms with Gasteiger partial charge in [0.05, 0.1) is 31.4 Å². The SMILES string of the molecule is CCOC(=O)Cn1c2c(c(=O)n3nc(Br)cc13)CN(C(C)COC)C2=O. The number of amides is 1. The summed E-state index contributed by atoms with van der Waals surface area (Å²) >= 11 is 3.24. The lowest BCUT2D eigenvalue weighted by Gasteiger charge is -2.23. The summed E-state index contributed by atoms with van der Waals surface area (Å²) in [4.78, 5) is 39.4. The van der Waals surface area contributed by atoms with Crippen molar-refractivity contribution in [3.63, 3.8) is 0 Å². The third-order valence-electron chi connectivity index (χ3n) is 4.27. The third-order valence-corrected chi connectivity index (χ3v) is 4.66. The number of fused-ring (bicyclic) bond motifs is 2. The van der Waals surface area contributed by atoms with E-state index in [1.54, 1.807) is 25.0 Å². The van der Waals surface area contributed by atoms with E-state index in [0.717, 1.165) is 0 Å². The largest absolute Gasteiger partial charge is 0.465 e. The van der Waals surface area contributed by atoms with Gasteiger partial charge in [0, 0.05) is 13.2 Å². The molecule has 10 heteroatoms. The van der Waals surface area contributed by atoms with Crippen LogP contribution in [0.15, 0.2) is 15.5 Å². The van der Waals surface area contributed by atoms with Crippen LogP contribution in [0.4, 0.5) is 0 Å². The van der Waals surface area contributed by atoms with E-state index in [-0.39, 0.29) is 42.9 Å². The van der Waals surface area contributed by atoms with E-state index < -0.39 is 5.97 Å². The average molecular weight is 427 g/mol. The maximum absolute atomic E-state index is 13.0. The average Bonchev–Trinajstić information content (AvgIpc) is 3.13. The van der Waals surface area contributed by atoms with E-state index in [4.69, 9.17) is 9.47 Å². The monoisotopic (exact) mass is 426 g/mol. The van der Waals surface area contributed by atoms with Gasteiger partial charge < -0.3 is 18.9 Å². The number of methoxy groups -OCH3 is 1. The number of nitrogens with zero attached hydrogens (tertiary/aromatic N) is 4. The van der Waals surface area contributed by atoms with Crippen molar-refractivity contribution in [1.82, 2.24) is 19.1 Å². The van der Waals surface area contributed by atoms with Crippen molar-refractivity contribution in [3.05, 3.63) is 32.3 Å². The molecule has 3 rings (SSSR count). The minimum Gasteiger partial charge on any atom is -0.465 e. The molecule has 0 N–H and O–H groups in total. The van der Waals surface area contributed by atoms with Gasteiger partial charge >= 0.3 is 5.97 Å². The van der Waals surface area contributed by atoms with Crippen molar-refractivity contribution in [2.45, 2.75) is 33.0 Å². The van der Waals surface area contributed by atoms with E-state index in [9.17, 15) is 14.4 Å². The molecule has 1 aliphatic rings. The highest BCUT2D eigenvalue weighted by atomic mass is 79.9. The third kappa shape index (κ3) is 3.03. The Bertz CT molecular complexity index is 935. The van der Waals surface area contributed by atoms with Gasteiger partial charge in [-0.2, -0.15) is 9.61 Å². The Morgan fingerprint density at radius 1 is 1.42 bits per heavy atom. The highest BCUT2D eigenvalue weighted by molar-refractivity contribution is 9.10. The minimum atomic E-state index is -0.492. The molecule has 0 saturated heterocycles. The first-order valence-corrected chi connectivity index (χ1v) is 8.94. The van der Waals surface area contributed by atoms with Crippen LogP contribution in [0.3, 0.4) is 0 Å². The van der Waals surface area contributed by atoms with Gasteiger partial charge in [-0.1, -0.05) is 0 Å². The molecule has 0 bridgehead atoms. The molecule has 2 aromatic rings. The van der Waals surface area contributed by atoms with Gasteiger partial charge in [0.25, 0.3) is 11.5 Å². The fourth-order valence-corrected chi connectivity index (χ4v) is 3.50. The second-order valence-electron chi connectivity index (χ2n) is 6.00. The Labute approximate surface area is 157 Å². The summed E-state index contributed by atoms with van der Waals surface area (Å²) < 4.78 is 13.3. The van der Waals surface area contributed by atoms with Crippen LogP contribution < -0.4 is 5.56 Å². The molecule has 0 spiro atoms. The number of aromatic nitrogens is 3. The van der Waals surface area contributed by atoms with E-state index in [0.29, 0.717) is 22.4 Å². The molecule has 0 saturated carbocycles. The van der Waals surface area contributed by atoms with Crippen LogP contribution >= 0.6 is 15.9 Å². The lowest BCUT2D eigenvalue weighted by molar-refractivity contribution is -0.143. The topological polar surface area (TPSA) is 95.1 Å². The van der Waals surface area contributed by atoms with Crippen molar-refractivity contribution in [3.8, 4) is 0 Å². The zero-order valence-corrected chi connectivity index (χ0v) is 16.3. The predicted octanol–water partition coefficient (Wildman–Crippen LogP) is 0.812. The molecule has 1 unspecified atom stereocenters. The Morgan fingerprint density at radius 3 is 2.81 bits per heavy atom. The van der Waals surface area contributed by atoms with Gasteiger partial charge in [0.1, 0.15) is 22.5 Å². The molecular weight excluding hydrogens is 408 g/mol. The summed E-state index contributed by atoms with van der Waals surface area (Å²) in [5.41, 5.74) is 0.487. The van der Waals surface area contributed by atoms with Gasteiger partial charge in [-0.25, -0.2) is 0 Å². The molecule has 1 aliphatic heterocycles. The highest BCUT2D eigenvalue weighted by Gasteiger charge is 2.37. The number of carbonyl (C=O) groups is 2. The molecule has 1 amide bonds. The Balaban J connectivity index is 2.17. The summed E-state index contributed by atoms with van der Waals surface area (Å²) in [6, 6.07) is 1.38. The Hall–Kier alpha value is -2.20. The van der Waals surface area contributed by atoms with Crippen LogP contribution in [0.1, 0.15) is 29.9 Å². The second-order valence-corrected chi connectivity index (χ2v) is 6.81. The Kier molecular flexibility index (Phi) is 5.15. The van der Waals surface area contributed by atoms with Gasteiger partial charge in [-0.15, -0.1) is 0 Å². The molecule has 0 aromatic carbocycles. The molecule has 9 nitrogen and oxygen atoms in total. The smallest absolute Gasteiger partial charge is 0.326 e. The minimum absolute atomic E-state index is 0.147. The number of hydrogen-bond acceptors (Lipinski definition) is 6. The van der Waals surface area contributed by atoms with Crippen molar-refractivity contribution >= 4 is 33.5 Å². The fraction of sp³-hybridized carbons (Fsp3) is 0.500. The van der Waals surface area contributed by atoms with Crippen LogP contribution in [0.5, 0.6) is 0 Å². The van der Waals surface area contributed by atoms with E-state index in [2.05, 4.69) is 21.0 Å². The van der Waals surface area contributed by atoms with Crippen LogP contribution in [0.2, 0.25) is 0 Å². The van der Waals surface area contributed by atoms with Crippen molar-refractivity contribution < 1.29 is 19.1 Å². The second kappa shape index (κ2) is 7.20. The number of halogens is 1. The van der Waals surface area contributed by atoms with Crippen LogP contribution in [-0.4, -0.2) is 57.3 Å². The highest BCUT2D eigenvalue weighted by Crippen LogP contribution is 2.25. The molecule has 1 atom stereocenters. The molecule has 0 radical (unpaired) electrons. The number of ether oxygens (including phenoxy) is 2. The van der Waals surface area contributed by atoms with Crippen molar-refractivity contribution in [1.29, 1.82) is 0 Å². The maximum atomic E-state index is 13.0. The zero-order valence-electron chi connectivity index (χ0n) is 14.7. The molecule has 26 heavy (non-hydrogen) atoms. The summed E-state index contributed by atoms with van der Waals surface area (Å²) in [6.45, 7) is 4.08. The lowest BCUT2D eigenvalue weighted by atomic mass is 10.2. The Morgan fingerprint density at radius 2 is 2.15 bits per heavy atom. The molecule has 0 fully saturated rings. The number of hydrogen-bond donors (Lipinski definition) is 0. The van der Waals surface area contributed by atoms with E-state index in [1.165, 1.54) is 9.08 Å². The standard InChI is InChI=1S/C16H19BrN4O5/c1-4-26-13(22)7-20-12-5-11(17)18-21(12)15(23)10-6-19(9(2)8-25-3)16(24)14(10)20/h5,9H,4,6-8H2,1-3H3. The summed E-state index contributed by atoms with van der Waals surface area (Å²) in [6.07, 6.45) is 0. The first-order valence-electron chi connectivity index (χ1n) is 8.15. The van der Waals surface area contributed by atoms with Gasteiger partial charge in [0.15, 0.2) is 0 Å². The molecule has 0 aliphatic carbocycles. The van der Waals surface area contributed by atoms with Gasteiger partial charge in [-0.3, -0.25) is 14.4 Å². The van der Waals surface area contributed by atoms with Crippen molar-refractivity contribution in [2.24, 2.45) is 0 Å². The van der Waals surface area contributed by atoms with E-state index in [1.807, 2.05) is 6.92 Å². The first-order chi connectivity index (χ1) is 12.4. The molecule has 140 valence electrons. The first kappa shape index (κ1) is 18.6. The normalized spacial score (nSPS) is 14.8. The zero-order chi connectivity index (χ0) is 19.0. The van der Waals surface area contributed by atoms with Gasteiger partial charge in [0.2, 0.25) is 0 Å². The summed E-state index contributed by atoms with van der Waals surface area (Å²) in [5, 5.41) is 4.13. The van der Waals surface area contributed by atoms with Gasteiger partial charge in [-0.05, 0) is 29.8 Å². The predicted molar refractivity (Wildman–Crippen MR) is 95.0 cm³/mol. The van der Waals surface area contributed by atoms with Crippen LogP contribution in [0, 0.1) is 0 Å². The fourth-order valence-electron chi connectivity index (χ4n) is 3.14. The quantitative estimate of drug-likeness (QED) is 0.634. The van der Waals surface area contributed by atoms with Crippen LogP contribution in [-0.2, 0) is 27.4 Å². The summed E-state index contributed by atoms with van der Waals surface area (Å²) in [5.74, 6) is -0.806. The molecular formula is C16H19BrN4O5. The van der Waals surface area contributed by atoms with Crippen LogP contribution in [0.25, 0.3) is 5.65 Å². The summed E-state index contributed by atoms with van der Waals surface area (Å²) in [7, 11) is 1.55. The van der Waals surface area contributed by atoms with Crippen molar-refractivity contribution in [2.75, 3.05) is 20.3 Å². The maximum Gasteiger partial charge on any atom is 0.326 e. The lowest BCUT2D eigenvalue weighted by Crippen LogP contribution is -2.37. The number of carbonyl (C=O) groups excluding carboxylic acids is 2. The molecule has 2 aromatic heterocycles.